The molecule has 2 aromatic rings. The van der Waals surface area contributed by atoms with Crippen molar-refractivity contribution in [2.24, 2.45) is 5.92 Å². The zero-order valence-corrected chi connectivity index (χ0v) is 13.0. The van der Waals surface area contributed by atoms with Crippen LogP contribution in [0.25, 0.3) is 0 Å². The number of nitrogen functional groups attached to an aromatic ring is 1. The molecule has 0 saturated heterocycles. The summed E-state index contributed by atoms with van der Waals surface area (Å²) in [4.78, 5) is 12.1. The maximum Gasteiger partial charge on any atom is 0.255 e. The van der Waals surface area contributed by atoms with Gasteiger partial charge in [-0.1, -0.05) is 13.8 Å². The van der Waals surface area contributed by atoms with Crippen LogP contribution in [0.1, 0.15) is 30.6 Å². The van der Waals surface area contributed by atoms with Crippen molar-refractivity contribution >= 4 is 17.3 Å². The first-order valence-corrected chi connectivity index (χ1v) is 7.44. The Labute approximate surface area is 131 Å². The Morgan fingerprint density at radius 3 is 2.32 bits per heavy atom. The molecule has 2 aromatic carbocycles. The molecular weight excluding hydrogens is 276 g/mol. The zero-order valence-electron chi connectivity index (χ0n) is 13.0. The summed E-state index contributed by atoms with van der Waals surface area (Å²) in [6.07, 6.45) is 1.01. The van der Waals surface area contributed by atoms with Crippen LogP contribution in [0.2, 0.25) is 0 Å². The molecule has 0 saturated carbocycles. The lowest BCUT2D eigenvalue weighted by molar-refractivity contribution is 0.102. The van der Waals surface area contributed by atoms with Crippen LogP contribution >= 0.6 is 0 Å². The normalized spacial score (nSPS) is 10.5. The average molecular weight is 298 g/mol. The van der Waals surface area contributed by atoms with E-state index >= 15 is 0 Å². The van der Waals surface area contributed by atoms with E-state index in [1.807, 2.05) is 12.1 Å². The minimum Gasteiger partial charge on any atom is -0.494 e. The van der Waals surface area contributed by atoms with Crippen LogP contribution in [0.3, 0.4) is 0 Å². The molecule has 0 spiro atoms. The first-order valence-electron chi connectivity index (χ1n) is 7.44. The standard InChI is InChI=1S/C18H22N2O2/c1-13(2)11-12-22-17-9-3-14(4-10-17)18(21)20-16-7-5-15(19)6-8-16/h3-10,13H,11-12,19H2,1-2H3,(H,20,21). The number of hydrogen-bond donors (Lipinski definition) is 2. The van der Waals surface area contributed by atoms with Crippen molar-refractivity contribution in [1.29, 1.82) is 0 Å². The van der Waals surface area contributed by atoms with Crippen LogP contribution in [0, 0.1) is 5.92 Å². The predicted octanol–water partition coefficient (Wildman–Crippen LogP) is 3.95. The number of carbonyl (C=O) groups excluding carboxylic acids is 1. The van der Waals surface area contributed by atoms with Crippen molar-refractivity contribution in [3.8, 4) is 5.75 Å². The molecule has 116 valence electrons. The second-order valence-corrected chi connectivity index (χ2v) is 5.63. The number of amides is 1. The van der Waals surface area contributed by atoms with Crippen LogP contribution < -0.4 is 15.8 Å². The molecule has 0 fully saturated rings. The summed E-state index contributed by atoms with van der Waals surface area (Å²) in [5, 5.41) is 2.83. The molecule has 4 heteroatoms. The van der Waals surface area contributed by atoms with Gasteiger partial charge in [-0.3, -0.25) is 4.79 Å². The van der Waals surface area contributed by atoms with Gasteiger partial charge in [-0.25, -0.2) is 0 Å². The largest absolute Gasteiger partial charge is 0.494 e. The van der Waals surface area contributed by atoms with Crippen LogP contribution in [0.15, 0.2) is 48.5 Å². The molecular formula is C18H22N2O2. The Kier molecular flexibility index (Phi) is 5.42. The van der Waals surface area contributed by atoms with Crippen molar-refractivity contribution in [3.63, 3.8) is 0 Å². The van der Waals surface area contributed by atoms with Gasteiger partial charge in [-0.15, -0.1) is 0 Å². The van der Waals surface area contributed by atoms with Crippen molar-refractivity contribution in [2.45, 2.75) is 20.3 Å². The minimum absolute atomic E-state index is 0.154. The molecule has 0 bridgehead atoms. The second-order valence-electron chi connectivity index (χ2n) is 5.63. The highest BCUT2D eigenvalue weighted by Crippen LogP contribution is 2.16. The summed E-state index contributed by atoms with van der Waals surface area (Å²) < 4.78 is 5.64. The number of ether oxygens (including phenoxy) is 1. The Morgan fingerprint density at radius 1 is 1.09 bits per heavy atom. The molecule has 0 aliphatic heterocycles. The van der Waals surface area contributed by atoms with E-state index in [4.69, 9.17) is 10.5 Å². The molecule has 0 unspecified atom stereocenters. The zero-order chi connectivity index (χ0) is 15.9. The lowest BCUT2D eigenvalue weighted by Gasteiger charge is -2.09. The van der Waals surface area contributed by atoms with E-state index in [0.717, 1.165) is 17.9 Å². The fraction of sp³-hybridized carbons (Fsp3) is 0.278. The number of benzene rings is 2. The van der Waals surface area contributed by atoms with Gasteiger partial charge in [0.05, 0.1) is 6.61 Å². The number of nitrogens with one attached hydrogen (secondary N) is 1. The van der Waals surface area contributed by atoms with Crippen LogP contribution in [0.5, 0.6) is 5.75 Å². The Bertz CT molecular complexity index is 604. The predicted molar refractivity (Wildman–Crippen MR) is 90.2 cm³/mol. The summed E-state index contributed by atoms with van der Waals surface area (Å²) in [5.41, 5.74) is 7.59. The van der Waals surface area contributed by atoms with E-state index in [1.165, 1.54) is 0 Å². The highest BCUT2D eigenvalue weighted by Gasteiger charge is 2.06. The number of anilines is 2. The molecule has 0 aliphatic rings. The fourth-order valence-electron chi connectivity index (χ4n) is 1.88. The van der Waals surface area contributed by atoms with Crippen molar-refractivity contribution in [3.05, 3.63) is 54.1 Å². The third kappa shape index (κ3) is 4.81. The Balaban J connectivity index is 1.91. The molecule has 3 N–H and O–H groups in total. The number of rotatable bonds is 6. The third-order valence-electron chi connectivity index (χ3n) is 3.25. The molecule has 1 amide bonds. The van der Waals surface area contributed by atoms with Gasteiger partial charge >= 0.3 is 0 Å². The first kappa shape index (κ1) is 15.9. The molecule has 0 aliphatic carbocycles. The summed E-state index contributed by atoms with van der Waals surface area (Å²) >= 11 is 0. The molecule has 0 aromatic heterocycles. The summed E-state index contributed by atoms with van der Waals surface area (Å²) in [6, 6.07) is 14.2. The van der Waals surface area contributed by atoms with E-state index < -0.39 is 0 Å². The number of hydrogen-bond acceptors (Lipinski definition) is 3. The SMILES string of the molecule is CC(C)CCOc1ccc(C(=O)Nc2ccc(N)cc2)cc1. The van der Waals surface area contributed by atoms with Gasteiger partial charge in [0, 0.05) is 16.9 Å². The fourth-order valence-corrected chi connectivity index (χ4v) is 1.88. The molecule has 2 rings (SSSR count). The maximum atomic E-state index is 12.1. The molecule has 22 heavy (non-hydrogen) atoms. The van der Waals surface area contributed by atoms with E-state index in [9.17, 15) is 4.79 Å². The van der Waals surface area contributed by atoms with Crippen molar-refractivity contribution in [2.75, 3.05) is 17.7 Å². The summed E-state index contributed by atoms with van der Waals surface area (Å²) in [7, 11) is 0. The Morgan fingerprint density at radius 2 is 1.73 bits per heavy atom. The quantitative estimate of drug-likeness (QED) is 0.794. The van der Waals surface area contributed by atoms with E-state index in [1.54, 1.807) is 36.4 Å². The van der Waals surface area contributed by atoms with E-state index in [0.29, 0.717) is 23.8 Å². The van der Waals surface area contributed by atoms with Crippen LogP contribution in [-0.2, 0) is 0 Å². The molecule has 0 radical (unpaired) electrons. The average Bonchev–Trinajstić information content (AvgIpc) is 2.50. The van der Waals surface area contributed by atoms with Crippen molar-refractivity contribution < 1.29 is 9.53 Å². The number of carbonyl (C=O) groups is 1. The molecule has 0 atom stereocenters. The van der Waals surface area contributed by atoms with Gasteiger partial charge in [0.1, 0.15) is 5.75 Å². The van der Waals surface area contributed by atoms with E-state index in [2.05, 4.69) is 19.2 Å². The van der Waals surface area contributed by atoms with Gasteiger partial charge in [0.2, 0.25) is 0 Å². The molecule has 4 nitrogen and oxygen atoms in total. The van der Waals surface area contributed by atoms with Crippen molar-refractivity contribution in [1.82, 2.24) is 0 Å². The Hall–Kier alpha value is -2.49. The van der Waals surface area contributed by atoms with Gasteiger partial charge < -0.3 is 15.8 Å². The van der Waals surface area contributed by atoms with Gasteiger partial charge in [-0.05, 0) is 60.9 Å². The lowest BCUT2D eigenvalue weighted by atomic mass is 10.1. The third-order valence-corrected chi connectivity index (χ3v) is 3.25. The summed E-state index contributed by atoms with van der Waals surface area (Å²) in [5.74, 6) is 1.24. The minimum atomic E-state index is -0.154. The second kappa shape index (κ2) is 7.50. The van der Waals surface area contributed by atoms with Gasteiger partial charge in [-0.2, -0.15) is 0 Å². The van der Waals surface area contributed by atoms with Crippen LogP contribution in [-0.4, -0.2) is 12.5 Å². The topological polar surface area (TPSA) is 64.3 Å². The van der Waals surface area contributed by atoms with Gasteiger partial charge in [0.25, 0.3) is 5.91 Å². The lowest BCUT2D eigenvalue weighted by Crippen LogP contribution is -2.11. The smallest absolute Gasteiger partial charge is 0.255 e. The first-order chi connectivity index (χ1) is 10.5. The maximum absolute atomic E-state index is 12.1. The van der Waals surface area contributed by atoms with Crippen LogP contribution in [0.4, 0.5) is 11.4 Å². The monoisotopic (exact) mass is 298 g/mol. The highest BCUT2D eigenvalue weighted by molar-refractivity contribution is 6.04. The summed E-state index contributed by atoms with van der Waals surface area (Å²) in [6.45, 7) is 5.01. The van der Waals surface area contributed by atoms with Gasteiger partial charge in [0.15, 0.2) is 0 Å². The molecule has 0 heterocycles. The number of nitrogens with two attached hydrogens (primary N) is 1. The highest BCUT2D eigenvalue weighted by atomic mass is 16.5. The van der Waals surface area contributed by atoms with E-state index in [-0.39, 0.29) is 5.91 Å².